The Labute approximate surface area is 190 Å². The zero-order valence-electron chi connectivity index (χ0n) is 17.3. The fraction of sp³-hybridized carbons (Fsp3) is 0.364. The molecule has 2 rings (SSSR count). The van der Waals surface area contributed by atoms with Crippen LogP contribution in [0.1, 0.15) is 25.8 Å². The van der Waals surface area contributed by atoms with Gasteiger partial charge in [-0.2, -0.15) is 0 Å². The highest BCUT2D eigenvalue weighted by molar-refractivity contribution is 14.0. The molecule has 1 unspecified atom stereocenters. The van der Waals surface area contributed by atoms with Crippen molar-refractivity contribution in [2.75, 3.05) is 25.5 Å². The Kier molecular flexibility index (Phi) is 11.8. The molecule has 0 radical (unpaired) electrons. The number of rotatable bonds is 9. The van der Waals surface area contributed by atoms with Gasteiger partial charge in [0.1, 0.15) is 12.4 Å². The monoisotopic (exact) mass is 510 g/mol. The van der Waals surface area contributed by atoms with E-state index in [1.54, 1.807) is 7.05 Å². The van der Waals surface area contributed by atoms with Crippen molar-refractivity contribution in [3.8, 4) is 5.75 Å². The van der Waals surface area contributed by atoms with Crippen LogP contribution in [0.15, 0.2) is 59.6 Å². The second-order valence-corrected chi connectivity index (χ2v) is 6.51. The SMILES string of the molecule is CCC(C)C(=O)Nc1cccc(CNC(=NC)NCCOc2ccccc2)c1.I. The van der Waals surface area contributed by atoms with Crippen LogP contribution in [0, 0.1) is 5.92 Å². The molecule has 1 atom stereocenters. The van der Waals surface area contributed by atoms with Crippen molar-refractivity contribution in [1.29, 1.82) is 0 Å². The van der Waals surface area contributed by atoms with Gasteiger partial charge in [0.2, 0.25) is 5.91 Å². The van der Waals surface area contributed by atoms with Crippen LogP contribution in [0.4, 0.5) is 5.69 Å². The number of carbonyl (C=O) groups excluding carboxylic acids is 1. The highest BCUT2D eigenvalue weighted by Crippen LogP contribution is 2.13. The smallest absolute Gasteiger partial charge is 0.227 e. The minimum atomic E-state index is 0. The molecule has 0 fully saturated rings. The molecule has 1 amide bonds. The van der Waals surface area contributed by atoms with E-state index in [2.05, 4.69) is 20.9 Å². The lowest BCUT2D eigenvalue weighted by Crippen LogP contribution is -2.38. The Bertz CT molecular complexity index is 768. The van der Waals surface area contributed by atoms with E-state index in [-0.39, 0.29) is 35.8 Å². The summed E-state index contributed by atoms with van der Waals surface area (Å²) in [4.78, 5) is 16.3. The normalized spacial score (nSPS) is 11.8. The van der Waals surface area contributed by atoms with Gasteiger partial charge >= 0.3 is 0 Å². The van der Waals surface area contributed by atoms with Crippen molar-refractivity contribution < 1.29 is 9.53 Å². The van der Waals surface area contributed by atoms with Gasteiger partial charge in [0, 0.05) is 25.2 Å². The van der Waals surface area contributed by atoms with Gasteiger partial charge < -0.3 is 20.7 Å². The molecule has 7 heteroatoms. The van der Waals surface area contributed by atoms with E-state index in [4.69, 9.17) is 4.74 Å². The summed E-state index contributed by atoms with van der Waals surface area (Å²) in [6.45, 7) is 5.72. The third-order valence-corrected chi connectivity index (χ3v) is 4.34. The maximum Gasteiger partial charge on any atom is 0.227 e. The Morgan fingerprint density at radius 2 is 1.86 bits per heavy atom. The predicted molar refractivity (Wildman–Crippen MR) is 130 cm³/mol. The summed E-state index contributed by atoms with van der Waals surface area (Å²) in [5, 5.41) is 9.46. The first-order valence-electron chi connectivity index (χ1n) is 9.64. The van der Waals surface area contributed by atoms with Crippen LogP contribution in [-0.2, 0) is 11.3 Å². The molecular formula is C22H31IN4O2. The maximum absolute atomic E-state index is 12.0. The quantitative estimate of drug-likeness (QED) is 0.206. The largest absolute Gasteiger partial charge is 0.492 e. The topological polar surface area (TPSA) is 74.8 Å². The molecule has 0 aliphatic rings. The van der Waals surface area contributed by atoms with Crippen molar-refractivity contribution >= 4 is 41.5 Å². The number of hydrogen-bond acceptors (Lipinski definition) is 3. The van der Waals surface area contributed by atoms with Crippen LogP contribution in [-0.4, -0.2) is 32.1 Å². The summed E-state index contributed by atoms with van der Waals surface area (Å²) in [6, 6.07) is 17.5. The summed E-state index contributed by atoms with van der Waals surface area (Å²) in [6.07, 6.45) is 0.822. The Balaban J connectivity index is 0.00000420. The summed E-state index contributed by atoms with van der Waals surface area (Å²) in [5.41, 5.74) is 1.87. The van der Waals surface area contributed by atoms with Gasteiger partial charge in [-0.15, -0.1) is 24.0 Å². The van der Waals surface area contributed by atoms with Crippen LogP contribution < -0.4 is 20.7 Å². The number of nitrogens with zero attached hydrogens (tertiary/aromatic N) is 1. The number of carbonyl (C=O) groups is 1. The van der Waals surface area contributed by atoms with E-state index in [0.717, 1.165) is 23.4 Å². The first-order chi connectivity index (χ1) is 13.6. The van der Waals surface area contributed by atoms with E-state index >= 15 is 0 Å². The highest BCUT2D eigenvalue weighted by Gasteiger charge is 2.10. The van der Waals surface area contributed by atoms with E-state index in [1.165, 1.54) is 0 Å². The molecule has 3 N–H and O–H groups in total. The minimum absolute atomic E-state index is 0. The number of anilines is 1. The lowest BCUT2D eigenvalue weighted by atomic mass is 10.1. The van der Waals surface area contributed by atoms with Crippen LogP contribution in [0.2, 0.25) is 0 Å². The second kappa shape index (κ2) is 13.8. The fourth-order valence-corrected chi connectivity index (χ4v) is 2.47. The van der Waals surface area contributed by atoms with Crippen molar-refractivity contribution in [2.45, 2.75) is 26.8 Å². The Morgan fingerprint density at radius 3 is 2.55 bits per heavy atom. The average molecular weight is 510 g/mol. The Morgan fingerprint density at radius 1 is 1.10 bits per heavy atom. The van der Waals surface area contributed by atoms with Crippen LogP contribution in [0.3, 0.4) is 0 Å². The molecule has 158 valence electrons. The number of nitrogens with one attached hydrogen (secondary N) is 3. The molecule has 0 spiro atoms. The molecule has 2 aromatic carbocycles. The third-order valence-electron chi connectivity index (χ3n) is 4.34. The van der Waals surface area contributed by atoms with Gasteiger partial charge in [0.05, 0.1) is 6.54 Å². The molecule has 0 saturated carbocycles. The molecule has 0 aliphatic heterocycles. The fourth-order valence-electron chi connectivity index (χ4n) is 2.47. The lowest BCUT2D eigenvalue weighted by molar-refractivity contribution is -0.119. The number of benzene rings is 2. The van der Waals surface area contributed by atoms with Gasteiger partial charge in [-0.3, -0.25) is 9.79 Å². The van der Waals surface area contributed by atoms with E-state index in [1.807, 2.05) is 68.4 Å². The molecule has 0 aromatic heterocycles. The number of guanidine groups is 1. The first-order valence-corrected chi connectivity index (χ1v) is 9.64. The molecule has 6 nitrogen and oxygen atoms in total. The zero-order chi connectivity index (χ0) is 20.2. The molecule has 0 aliphatic carbocycles. The van der Waals surface area contributed by atoms with Crippen molar-refractivity contribution in [3.05, 3.63) is 60.2 Å². The Hall–Kier alpha value is -2.29. The van der Waals surface area contributed by atoms with Gasteiger partial charge in [0.15, 0.2) is 5.96 Å². The lowest BCUT2D eigenvalue weighted by Gasteiger charge is -2.14. The standard InChI is InChI=1S/C22H30N4O2.HI/c1-4-17(2)21(27)26-19-10-8-9-18(15-19)16-25-22(23-3)24-13-14-28-20-11-6-5-7-12-20;/h5-12,15,17H,4,13-14,16H2,1-3H3,(H,26,27)(H2,23,24,25);1H. The predicted octanol–water partition coefficient (Wildman–Crippen LogP) is 4.03. The van der Waals surface area contributed by atoms with E-state index in [0.29, 0.717) is 25.7 Å². The number of para-hydroxylation sites is 1. The van der Waals surface area contributed by atoms with E-state index < -0.39 is 0 Å². The summed E-state index contributed by atoms with van der Waals surface area (Å²) < 4.78 is 5.66. The molecule has 0 bridgehead atoms. The van der Waals surface area contributed by atoms with Gasteiger partial charge in [0.25, 0.3) is 0 Å². The number of hydrogen-bond donors (Lipinski definition) is 3. The number of ether oxygens (including phenoxy) is 1. The molecule has 2 aromatic rings. The number of aliphatic imine (C=N–C) groups is 1. The van der Waals surface area contributed by atoms with Crippen molar-refractivity contribution in [2.24, 2.45) is 10.9 Å². The van der Waals surface area contributed by atoms with E-state index in [9.17, 15) is 4.79 Å². The average Bonchev–Trinajstić information content (AvgIpc) is 2.73. The van der Waals surface area contributed by atoms with Gasteiger partial charge in [-0.1, -0.05) is 44.2 Å². The van der Waals surface area contributed by atoms with Gasteiger partial charge in [-0.25, -0.2) is 0 Å². The molecule has 29 heavy (non-hydrogen) atoms. The van der Waals surface area contributed by atoms with Crippen LogP contribution in [0.25, 0.3) is 0 Å². The number of halogens is 1. The number of amides is 1. The second-order valence-electron chi connectivity index (χ2n) is 6.51. The molecule has 0 heterocycles. The minimum Gasteiger partial charge on any atom is -0.492 e. The van der Waals surface area contributed by atoms with Gasteiger partial charge in [-0.05, 0) is 36.2 Å². The summed E-state index contributed by atoms with van der Waals surface area (Å²) >= 11 is 0. The summed E-state index contributed by atoms with van der Waals surface area (Å²) in [5.74, 6) is 1.60. The third kappa shape index (κ3) is 9.17. The van der Waals surface area contributed by atoms with Crippen molar-refractivity contribution in [1.82, 2.24) is 10.6 Å². The molecular weight excluding hydrogens is 479 g/mol. The highest BCUT2D eigenvalue weighted by atomic mass is 127. The van der Waals surface area contributed by atoms with Crippen LogP contribution in [0.5, 0.6) is 5.75 Å². The first kappa shape index (κ1) is 24.7. The van der Waals surface area contributed by atoms with Crippen LogP contribution >= 0.6 is 24.0 Å². The summed E-state index contributed by atoms with van der Waals surface area (Å²) in [7, 11) is 1.73. The van der Waals surface area contributed by atoms with Crippen molar-refractivity contribution in [3.63, 3.8) is 0 Å². The maximum atomic E-state index is 12.0. The zero-order valence-corrected chi connectivity index (χ0v) is 19.6. The molecule has 0 saturated heterocycles.